The Balaban J connectivity index is 1.95. The zero-order valence-electron chi connectivity index (χ0n) is 22.5. The summed E-state index contributed by atoms with van der Waals surface area (Å²) in [5, 5.41) is 11.6. The highest BCUT2D eigenvalue weighted by Gasteiger charge is 2.47. The highest BCUT2D eigenvalue weighted by Crippen LogP contribution is 2.44. The molecule has 1 heterocycles. The number of hydrogen-bond acceptors (Lipinski definition) is 5. The zero-order chi connectivity index (χ0) is 27.1. The third-order valence-corrected chi connectivity index (χ3v) is 6.85. The SMILES string of the molecule is COc1ccc(/C(O)=C2\C(=O)C(=O)N(c3ccc(N(C)C)cc3)C2c2ccccc2C)cc1C(C)(C)C. The van der Waals surface area contributed by atoms with Crippen molar-refractivity contribution < 1.29 is 19.4 Å². The van der Waals surface area contributed by atoms with Crippen LogP contribution in [-0.2, 0) is 15.0 Å². The number of ether oxygens (including phenoxy) is 1. The maximum Gasteiger partial charge on any atom is 0.300 e. The number of anilines is 2. The molecule has 0 aromatic heterocycles. The second kappa shape index (κ2) is 9.77. The van der Waals surface area contributed by atoms with Crippen molar-refractivity contribution in [2.45, 2.75) is 39.2 Å². The van der Waals surface area contributed by atoms with Crippen molar-refractivity contribution in [1.29, 1.82) is 0 Å². The number of hydrogen-bond donors (Lipinski definition) is 1. The summed E-state index contributed by atoms with van der Waals surface area (Å²) in [6.45, 7) is 8.10. The first-order chi connectivity index (χ1) is 17.5. The van der Waals surface area contributed by atoms with Crippen LogP contribution in [0.1, 0.15) is 49.1 Å². The van der Waals surface area contributed by atoms with E-state index in [9.17, 15) is 14.7 Å². The Labute approximate surface area is 218 Å². The van der Waals surface area contributed by atoms with E-state index in [0.29, 0.717) is 17.0 Å². The smallest absolute Gasteiger partial charge is 0.300 e. The van der Waals surface area contributed by atoms with Gasteiger partial charge in [-0.2, -0.15) is 0 Å². The molecule has 192 valence electrons. The Hall–Kier alpha value is -4.06. The van der Waals surface area contributed by atoms with Crippen LogP contribution in [0.5, 0.6) is 5.75 Å². The van der Waals surface area contributed by atoms with Gasteiger partial charge in [-0.15, -0.1) is 0 Å². The van der Waals surface area contributed by atoms with Gasteiger partial charge in [0.15, 0.2) is 0 Å². The largest absolute Gasteiger partial charge is 0.507 e. The molecule has 1 N–H and O–H groups in total. The molecule has 0 spiro atoms. The molecule has 6 heteroatoms. The van der Waals surface area contributed by atoms with Gasteiger partial charge in [0, 0.05) is 36.6 Å². The molecule has 1 aliphatic rings. The van der Waals surface area contributed by atoms with Crippen LogP contribution in [0, 0.1) is 6.92 Å². The van der Waals surface area contributed by atoms with Gasteiger partial charge in [0.2, 0.25) is 0 Å². The first-order valence-electron chi connectivity index (χ1n) is 12.3. The van der Waals surface area contributed by atoms with Crippen LogP contribution >= 0.6 is 0 Å². The molecular weight excluding hydrogens is 464 g/mol. The summed E-state index contributed by atoms with van der Waals surface area (Å²) in [5.41, 5.74) is 4.42. The number of carbonyl (C=O) groups is 2. The lowest BCUT2D eigenvalue weighted by atomic mass is 9.84. The Morgan fingerprint density at radius 1 is 0.973 bits per heavy atom. The highest BCUT2D eigenvalue weighted by molar-refractivity contribution is 6.51. The van der Waals surface area contributed by atoms with Crippen LogP contribution in [-0.4, -0.2) is 38.0 Å². The van der Waals surface area contributed by atoms with Crippen molar-refractivity contribution in [1.82, 2.24) is 0 Å². The van der Waals surface area contributed by atoms with Crippen LogP contribution in [0.2, 0.25) is 0 Å². The van der Waals surface area contributed by atoms with Crippen molar-refractivity contribution in [3.8, 4) is 5.75 Å². The fourth-order valence-corrected chi connectivity index (χ4v) is 4.79. The van der Waals surface area contributed by atoms with E-state index in [1.54, 1.807) is 19.2 Å². The summed E-state index contributed by atoms with van der Waals surface area (Å²) in [6, 6.07) is 19.7. The lowest BCUT2D eigenvalue weighted by molar-refractivity contribution is -0.132. The number of benzene rings is 3. The number of ketones is 1. The molecule has 1 atom stereocenters. The van der Waals surface area contributed by atoms with Gasteiger partial charge in [0.05, 0.1) is 18.7 Å². The van der Waals surface area contributed by atoms with Crippen LogP contribution < -0.4 is 14.5 Å². The second-order valence-electron chi connectivity index (χ2n) is 10.6. The number of carbonyl (C=O) groups excluding carboxylic acids is 2. The van der Waals surface area contributed by atoms with Gasteiger partial charge in [0.25, 0.3) is 11.7 Å². The normalized spacial score (nSPS) is 17.3. The summed E-state index contributed by atoms with van der Waals surface area (Å²) in [6.07, 6.45) is 0. The predicted molar refractivity (Wildman–Crippen MR) is 148 cm³/mol. The molecule has 1 saturated heterocycles. The number of amides is 1. The number of aliphatic hydroxyl groups is 1. The third-order valence-electron chi connectivity index (χ3n) is 6.85. The van der Waals surface area contributed by atoms with E-state index in [0.717, 1.165) is 22.4 Å². The molecule has 1 unspecified atom stereocenters. The minimum Gasteiger partial charge on any atom is -0.507 e. The van der Waals surface area contributed by atoms with Crippen LogP contribution in [0.25, 0.3) is 5.76 Å². The minimum absolute atomic E-state index is 0.0704. The highest BCUT2D eigenvalue weighted by atomic mass is 16.5. The summed E-state index contributed by atoms with van der Waals surface area (Å²) in [5.74, 6) is -0.888. The van der Waals surface area contributed by atoms with Crippen LogP contribution in [0.4, 0.5) is 11.4 Å². The fourth-order valence-electron chi connectivity index (χ4n) is 4.79. The Morgan fingerprint density at radius 2 is 1.62 bits per heavy atom. The van der Waals surface area contributed by atoms with Crippen molar-refractivity contribution in [3.63, 3.8) is 0 Å². The summed E-state index contributed by atoms with van der Waals surface area (Å²) in [4.78, 5) is 30.5. The maximum absolute atomic E-state index is 13.5. The topological polar surface area (TPSA) is 70.1 Å². The van der Waals surface area contributed by atoms with E-state index in [-0.39, 0.29) is 16.7 Å². The maximum atomic E-state index is 13.5. The van der Waals surface area contributed by atoms with Crippen LogP contribution in [0.15, 0.2) is 72.3 Å². The van der Waals surface area contributed by atoms with Gasteiger partial charge in [-0.05, 0) is 65.9 Å². The predicted octanol–water partition coefficient (Wildman–Crippen LogP) is 5.99. The lowest BCUT2D eigenvalue weighted by Gasteiger charge is -2.27. The second-order valence-corrected chi connectivity index (χ2v) is 10.6. The van der Waals surface area contributed by atoms with E-state index >= 15 is 0 Å². The average Bonchev–Trinajstić information content (AvgIpc) is 3.13. The van der Waals surface area contributed by atoms with Gasteiger partial charge in [-0.25, -0.2) is 0 Å². The standard InChI is InChI=1S/C31H34N2O4/c1-19-10-8-9-11-23(19)27-26(28(34)20-12-17-25(37-7)24(18-20)31(2,3)4)29(35)30(36)33(27)22-15-13-21(14-16-22)32(5)6/h8-18,27,34H,1-7H3/b28-26+. The fraction of sp³-hybridized carbons (Fsp3) is 0.290. The minimum atomic E-state index is -0.772. The number of aliphatic hydroxyl groups excluding tert-OH is 1. The Morgan fingerprint density at radius 3 is 2.19 bits per heavy atom. The molecule has 1 fully saturated rings. The summed E-state index contributed by atoms with van der Waals surface area (Å²) in [7, 11) is 5.49. The molecule has 1 amide bonds. The van der Waals surface area contributed by atoms with Crippen molar-refractivity contribution in [2.75, 3.05) is 31.0 Å². The van der Waals surface area contributed by atoms with Crippen molar-refractivity contribution >= 4 is 28.8 Å². The third kappa shape index (κ3) is 4.71. The molecule has 0 aliphatic carbocycles. The molecule has 0 bridgehead atoms. The van der Waals surface area contributed by atoms with Crippen LogP contribution in [0.3, 0.4) is 0 Å². The Bertz CT molecular complexity index is 1380. The summed E-state index contributed by atoms with van der Waals surface area (Å²) >= 11 is 0. The number of Topliss-reactive ketones (excluding diaryl/α,β-unsaturated/α-hetero) is 1. The molecule has 1 aliphatic heterocycles. The zero-order valence-corrected chi connectivity index (χ0v) is 22.5. The molecule has 3 aromatic carbocycles. The van der Waals surface area contributed by atoms with Crippen molar-refractivity contribution in [3.05, 3.63) is 94.6 Å². The molecule has 0 saturated carbocycles. The quantitative estimate of drug-likeness (QED) is 0.266. The van der Waals surface area contributed by atoms with Gasteiger partial charge in [-0.1, -0.05) is 45.0 Å². The van der Waals surface area contributed by atoms with Gasteiger partial charge >= 0.3 is 0 Å². The average molecular weight is 499 g/mol. The first kappa shape index (κ1) is 26.0. The Kier molecular flexibility index (Phi) is 6.87. The van der Waals surface area contributed by atoms with Gasteiger partial charge < -0.3 is 14.7 Å². The van der Waals surface area contributed by atoms with E-state index in [2.05, 4.69) is 20.8 Å². The molecule has 6 nitrogen and oxygen atoms in total. The van der Waals surface area contributed by atoms with Gasteiger partial charge in [0.1, 0.15) is 11.5 Å². The number of nitrogens with zero attached hydrogens (tertiary/aromatic N) is 2. The van der Waals surface area contributed by atoms with Gasteiger partial charge in [-0.3, -0.25) is 14.5 Å². The first-order valence-corrected chi connectivity index (χ1v) is 12.3. The van der Waals surface area contributed by atoms with E-state index in [1.807, 2.05) is 80.5 Å². The number of methoxy groups -OCH3 is 1. The number of rotatable bonds is 5. The molecule has 4 rings (SSSR count). The summed E-state index contributed by atoms with van der Waals surface area (Å²) < 4.78 is 5.55. The monoisotopic (exact) mass is 498 g/mol. The van der Waals surface area contributed by atoms with E-state index < -0.39 is 17.7 Å². The molecule has 0 radical (unpaired) electrons. The lowest BCUT2D eigenvalue weighted by Crippen LogP contribution is -2.29. The molecular formula is C31H34N2O4. The van der Waals surface area contributed by atoms with E-state index in [1.165, 1.54) is 4.90 Å². The van der Waals surface area contributed by atoms with E-state index in [4.69, 9.17) is 4.74 Å². The number of aryl methyl sites for hydroxylation is 1. The molecule has 37 heavy (non-hydrogen) atoms. The van der Waals surface area contributed by atoms with Crippen molar-refractivity contribution in [2.24, 2.45) is 0 Å². The molecule has 3 aromatic rings.